The van der Waals surface area contributed by atoms with Crippen molar-refractivity contribution in [3.05, 3.63) is 60.8 Å². The van der Waals surface area contributed by atoms with Crippen molar-refractivity contribution in [2.75, 3.05) is 13.2 Å². The van der Waals surface area contributed by atoms with Gasteiger partial charge in [0.1, 0.15) is 0 Å². The predicted octanol–water partition coefficient (Wildman–Crippen LogP) is 18.4. The van der Waals surface area contributed by atoms with Crippen molar-refractivity contribution < 1.29 is 24.5 Å². The van der Waals surface area contributed by atoms with Crippen LogP contribution in [0.1, 0.15) is 296 Å². The van der Waals surface area contributed by atoms with Crippen LogP contribution in [-0.2, 0) is 14.3 Å². The number of carbonyl (C=O) groups excluding carboxylic acids is 2. The van der Waals surface area contributed by atoms with Gasteiger partial charge in [-0.15, -0.1) is 0 Å². The first-order valence-electron chi connectivity index (χ1n) is 29.6. The Morgan fingerprint density at radius 1 is 0.412 bits per heavy atom. The van der Waals surface area contributed by atoms with Gasteiger partial charge in [-0.1, -0.05) is 254 Å². The molecule has 2 atom stereocenters. The van der Waals surface area contributed by atoms with Crippen molar-refractivity contribution in [3.63, 3.8) is 0 Å². The third-order valence-electron chi connectivity index (χ3n) is 13.3. The number of hydrogen-bond acceptors (Lipinski definition) is 5. The van der Waals surface area contributed by atoms with E-state index in [0.717, 1.165) is 70.6 Å². The van der Waals surface area contributed by atoms with Crippen molar-refractivity contribution in [1.29, 1.82) is 0 Å². The van der Waals surface area contributed by atoms with Gasteiger partial charge in [-0.3, -0.25) is 9.59 Å². The molecule has 0 radical (unpaired) electrons. The first kappa shape index (κ1) is 65.6. The Kier molecular flexibility index (Phi) is 55.1. The normalized spacial score (nSPS) is 13.1. The lowest BCUT2D eigenvalue weighted by Gasteiger charge is -2.20. The standard InChI is InChI=1S/C62H113NO5/c1-3-5-7-9-11-13-15-17-30-34-38-42-46-50-54-60(65)59(58-64)63-61(66)55-51-47-43-39-35-31-28-26-24-22-20-19-21-23-25-27-29-33-37-41-45-49-53-57-68-62(67)56-52-48-44-40-36-32-18-16-14-12-10-8-6-4-2/h10,12,16,18-19,21-22,24,50,54,59-60,64-65H,3-9,11,13-15,17,20,23,25-49,51-53,55-58H2,1-2H3,(H,63,66)/b12-10-,18-16-,21-19-,24-22-,54-50+. The number of esters is 1. The molecule has 0 aliphatic rings. The van der Waals surface area contributed by atoms with Crippen LogP contribution in [0.5, 0.6) is 0 Å². The van der Waals surface area contributed by atoms with Crippen molar-refractivity contribution in [1.82, 2.24) is 5.32 Å². The van der Waals surface area contributed by atoms with Gasteiger partial charge in [-0.25, -0.2) is 0 Å². The minimum Gasteiger partial charge on any atom is -0.466 e. The zero-order valence-corrected chi connectivity index (χ0v) is 45.1. The van der Waals surface area contributed by atoms with Gasteiger partial charge in [0, 0.05) is 12.8 Å². The lowest BCUT2D eigenvalue weighted by atomic mass is 10.0. The second kappa shape index (κ2) is 57.1. The predicted molar refractivity (Wildman–Crippen MR) is 296 cm³/mol. The summed E-state index contributed by atoms with van der Waals surface area (Å²) < 4.78 is 5.46. The average Bonchev–Trinajstić information content (AvgIpc) is 3.34. The van der Waals surface area contributed by atoms with Gasteiger partial charge in [0.2, 0.25) is 5.91 Å². The molecule has 3 N–H and O–H groups in total. The number of ether oxygens (including phenoxy) is 1. The maximum absolute atomic E-state index is 12.4. The van der Waals surface area contributed by atoms with Gasteiger partial charge >= 0.3 is 5.97 Å². The fourth-order valence-electron chi connectivity index (χ4n) is 8.68. The molecule has 0 bridgehead atoms. The molecule has 0 aliphatic heterocycles. The van der Waals surface area contributed by atoms with Gasteiger partial charge < -0.3 is 20.3 Å². The molecule has 0 aromatic heterocycles. The van der Waals surface area contributed by atoms with E-state index in [9.17, 15) is 19.8 Å². The Morgan fingerprint density at radius 2 is 0.750 bits per heavy atom. The number of unbranched alkanes of at least 4 members (excludes halogenated alkanes) is 35. The van der Waals surface area contributed by atoms with Crippen molar-refractivity contribution >= 4 is 11.9 Å². The SMILES string of the molecule is CCCC/C=C\C/C=C\CCCCCCCC(=O)OCCCCCCCCCCC/C=C\C/C=C\CCCCCCCCCC(=O)NC(CO)C(O)/C=C/CCCCCCCCCCCCCC. The summed E-state index contributed by atoms with van der Waals surface area (Å²) >= 11 is 0. The quantitative estimate of drug-likeness (QED) is 0.0321. The van der Waals surface area contributed by atoms with E-state index < -0.39 is 12.1 Å². The third kappa shape index (κ3) is 52.9. The number of amides is 1. The highest BCUT2D eigenvalue weighted by atomic mass is 16.5. The van der Waals surface area contributed by atoms with Gasteiger partial charge in [0.05, 0.1) is 25.4 Å². The maximum atomic E-state index is 12.4. The largest absolute Gasteiger partial charge is 0.466 e. The summed E-state index contributed by atoms with van der Waals surface area (Å²) in [5.74, 6) is -0.0883. The van der Waals surface area contributed by atoms with E-state index in [1.165, 1.54) is 199 Å². The first-order chi connectivity index (χ1) is 33.5. The number of aliphatic hydroxyl groups excluding tert-OH is 2. The lowest BCUT2D eigenvalue weighted by Crippen LogP contribution is -2.45. The lowest BCUT2D eigenvalue weighted by molar-refractivity contribution is -0.143. The van der Waals surface area contributed by atoms with Crippen LogP contribution in [0.15, 0.2) is 60.8 Å². The average molecular weight is 953 g/mol. The van der Waals surface area contributed by atoms with Crippen LogP contribution in [0.4, 0.5) is 0 Å². The Morgan fingerprint density at radius 3 is 1.16 bits per heavy atom. The molecular formula is C62H113NO5. The molecule has 6 nitrogen and oxygen atoms in total. The van der Waals surface area contributed by atoms with Gasteiger partial charge in [-0.05, 0) is 89.9 Å². The van der Waals surface area contributed by atoms with E-state index >= 15 is 0 Å². The first-order valence-corrected chi connectivity index (χ1v) is 29.6. The maximum Gasteiger partial charge on any atom is 0.305 e. The summed E-state index contributed by atoms with van der Waals surface area (Å²) in [7, 11) is 0. The van der Waals surface area contributed by atoms with Gasteiger partial charge in [0.15, 0.2) is 0 Å². The number of allylic oxidation sites excluding steroid dienone is 9. The third-order valence-corrected chi connectivity index (χ3v) is 13.3. The second-order valence-corrected chi connectivity index (χ2v) is 20.0. The zero-order chi connectivity index (χ0) is 49.3. The second-order valence-electron chi connectivity index (χ2n) is 20.0. The topological polar surface area (TPSA) is 95.9 Å². The molecule has 6 heteroatoms. The highest BCUT2D eigenvalue weighted by Gasteiger charge is 2.18. The molecule has 0 heterocycles. The van der Waals surface area contributed by atoms with Crippen molar-refractivity contribution in [2.45, 2.75) is 309 Å². The number of aliphatic hydroxyl groups is 2. The summed E-state index contributed by atoms with van der Waals surface area (Å²) in [4.78, 5) is 24.5. The molecule has 0 aliphatic carbocycles. The monoisotopic (exact) mass is 952 g/mol. The molecule has 0 aromatic rings. The summed E-state index contributed by atoms with van der Waals surface area (Å²) in [5.41, 5.74) is 0. The van der Waals surface area contributed by atoms with Crippen LogP contribution in [0.2, 0.25) is 0 Å². The molecule has 396 valence electrons. The van der Waals surface area contributed by atoms with E-state index in [4.69, 9.17) is 4.74 Å². The molecule has 0 saturated heterocycles. The molecular weight excluding hydrogens is 839 g/mol. The Bertz CT molecular complexity index is 1190. The van der Waals surface area contributed by atoms with Crippen LogP contribution in [0, 0.1) is 0 Å². The molecule has 0 aromatic carbocycles. The van der Waals surface area contributed by atoms with E-state index in [0.29, 0.717) is 19.4 Å². The highest BCUT2D eigenvalue weighted by molar-refractivity contribution is 5.76. The minimum atomic E-state index is -0.852. The summed E-state index contributed by atoms with van der Waals surface area (Å²) in [6.07, 6.45) is 73.9. The van der Waals surface area contributed by atoms with E-state index in [-0.39, 0.29) is 18.5 Å². The highest BCUT2D eigenvalue weighted by Crippen LogP contribution is 2.15. The molecule has 0 saturated carbocycles. The van der Waals surface area contributed by atoms with Crippen LogP contribution in [0.25, 0.3) is 0 Å². The van der Waals surface area contributed by atoms with Crippen LogP contribution >= 0.6 is 0 Å². The number of hydrogen-bond donors (Lipinski definition) is 3. The van der Waals surface area contributed by atoms with E-state index in [1.54, 1.807) is 6.08 Å². The van der Waals surface area contributed by atoms with Crippen molar-refractivity contribution in [3.8, 4) is 0 Å². The molecule has 0 spiro atoms. The number of nitrogens with one attached hydrogen (secondary N) is 1. The minimum absolute atomic E-state index is 0.00895. The van der Waals surface area contributed by atoms with Crippen LogP contribution in [-0.4, -0.2) is 47.4 Å². The molecule has 2 unspecified atom stereocenters. The van der Waals surface area contributed by atoms with Gasteiger partial charge in [0.25, 0.3) is 0 Å². The van der Waals surface area contributed by atoms with Crippen LogP contribution in [0.3, 0.4) is 0 Å². The molecule has 0 fully saturated rings. The Labute approximate surface area is 422 Å². The summed E-state index contributed by atoms with van der Waals surface area (Å²) in [6, 6.07) is -0.636. The molecule has 68 heavy (non-hydrogen) atoms. The fraction of sp³-hybridized carbons (Fsp3) is 0.806. The summed E-state index contributed by atoms with van der Waals surface area (Å²) in [5, 5.41) is 23.1. The Balaban J connectivity index is 3.49. The number of rotatable bonds is 54. The summed E-state index contributed by atoms with van der Waals surface area (Å²) in [6.45, 7) is 4.84. The van der Waals surface area contributed by atoms with Gasteiger partial charge in [-0.2, -0.15) is 0 Å². The number of carbonyl (C=O) groups is 2. The Hall–Kier alpha value is -2.44. The van der Waals surface area contributed by atoms with E-state index in [1.807, 2.05) is 6.08 Å². The smallest absolute Gasteiger partial charge is 0.305 e. The molecule has 0 rings (SSSR count). The van der Waals surface area contributed by atoms with E-state index in [2.05, 4.69) is 67.8 Å². The van der Waals surface area contributed by atoms with Crippen LogP contribution < -0.4 is 5.32 Å². The fourth-order valence-corrected chi connectivity index (χ4v) is 8.68. The molecule has 1 amide bonds. The zero-order valence-electron chi connectivity index (χ0n) is 45.1. The van der Waals surface area contributed by atoms with Crippen molar-refractivity contribution in [2.24, 2.45) is 0 Å².